The number of nitrogens with two attached hydrogens (primary N) is 1. The van der Waals surface area contributed by atoms with Gasteiger partial charge in [-0.3, -0.25) is 14.6 Å². The fraction of sp³-hybridized carbons (Fsp3) is 0.261. The summed E-state index contributed by atoms with van der Waals surface area (Å²) in [5, 5.41) is 2.64. The number of nitrogens with zero attached hydrogens (tertiary/aromatic N) is 3. The van der Waals surface area contributed by atoms with Gasteiger partial charge in [0.15, 0.2) is 6.29 Å². The number of carbonyl (C=O) groups is 1. The topological polar surface area (TPSA) is 112 Å². The predicted octanol–water partition coefficient (Wildman–Crippen LogP) is 4.39. The summed E-state index contributed by atoms with van der Waals surface area (Å²) < 4.78 is 49.0. The van der Waals surface area contributed by atoms with Gasteiger partial charge in [0.25, 0.3) is 5.91 Å². The molecular weight excluding hydrogens is 503 g/mol. The Balaban J connectivity index is 1.92. The quantitative estimate of drug-likeness (QED) is 0.215. The van der Waals surface area contributed by atoms with Crippen LogP contribution < -0.4 is 20.9 Å². The van der Waals surface area contributed by atoms with Crippen molar-refractivity contribution in [2.45, 2.75) is 18.8 Å². The molecule has 13 heteroatoms. The number of anilines is 2. The summed E-state index contributed by atoms with van der Waals surface area (Å²) in [6.45, 7) is 2.54. The third kappa shape index (κ3) is 7.28. The average molecular weight is 526 g/mol. The summed E-state index contributed by atoms with van der Waals surface area (Å²) in [5.41, 5.74) is -2.58. The number of pyridine rings is 2. The number of carbonyl (C=O) groups excluding carboxylic acids is 1. The van der Waals surface area contributed by atoms with Crippen molar-refractivity contribution >= 4 is 29.0 Å². The van der Waals surface area contributed by atoms with Crippen LogP contribution in [0.15, 0.2) is 55.0 Å². The van der Waals surface area contributed by atoms with Crippen molar-refractivity contribution < 1.29 is 32.3 Å². The maximum atomic E-state index is 14.0. The number of alkyl halides is 3. The number of nitrogens with one attached hydrogen (secondary N) is 1. The number of halogens is 4. The summed E-state index contributed by atoms with van der Waals surface area (Å²) >= 11 is 4.75. The smallest absolute Gasteiger partial charge is 0.420 e. The van der Waals surface area contributed by atoms with Crippen molar-refractivity contribution in [3.8, 4) is 16.9 Å². The van der Waals surface area contributed by atoms with Crippen LogP contribution in [0, 0.1) is 5.82 Å². The molecule has 0 spiro atoms. The highest BCUT2D eigenvalue weighted by atomic mass is 35.5. The zero-order valence-corrected chi connectivity index (χ0v) is 20.0. The summed E-state index contributed by atoms with van der Waals surface area (Å²) in [5.74, 6) is 4.40. The van der Waals surface area contributed by atoms with Crippen LogP contribution in [0.5, 0.6) is 5.75 Å². The van der Waals surface area contributed by atoms with Crippen LogP contribution in [0.2, 0.25) is 0 Å². The van der Waals surface area contributed by atoms with Crippen LogP contribution in [0.3, 0.4) is 0 Å². The minimum Gasteiger partial charge on any atom is -0.420 e. The molecule has 3 N–H and O–H groups in total. The van der Waals surface area contributed by atoms with E-state index in [1.807, 2.05) is 6.92 Å². The van der Waals surface area contributed by atoms with E-state index in [4.69, 9.17) is 27.1 Å². The second kappa shape index (κ2) is 12.0. The molecular formula is C23H23ClF3N5O4. The molecule has 2 heterocycles. The van der Waals surface area contributed by atoms with Gasteiger partial charge in [-0.1, -0.05) is 0 Å². The third-order valence-electron chi connectivity index (χ3n) is 4.96. The molecule has 9 nitrogen and oxygen atoms in total. The molecule has 0 saturated heterocycles. The Morgan fingerprint density at radius 1 is 1.22 bits per heavy atom. The Hall–Kier alpha value is -3.45. The minimum absolute atomic E-state index is 0.153. The second-order valence-corrected chi connectivity index (χ2v) is 7.79. The molecule has 3 aromatic rings. The molecule has 0 bridgehead atoms. The Morgan fingerprint density at radius 3 is 2.53 bits per heavy atom. The van der Waals surface area contributed by atoms with Crippen molar-refractivity contribution in [2.75, 3.05) is 30.4 Å². The molecule has 0 fully saturated rings. The number of benzene rings is 1. The minimum atomic E-state index is -3.85. The van der Waals surface area contributed by atoms with Crippen molar-refractivity contribution in [3.63, 3.8) is 0 Å². The summed E-state index contributed by atoms with van der Waals surface area (Å²) in [7, 11) is 1.43. The number of amides is 1. The van der Waals surface area contributed by atoms with Gasteiger partial charge in [0.05, 0.1) is 18.3 Å². The molecule has 0 radical (unpaired) electrons. The molecule has 0 aliphatic heterocycles. The first-order valence-electron chi connectivity index (χ1n) is 10.5. The van der Waals surface area contributed by atoms with Gasteiger partial charge >= 0.3 is 5.57 Å². The lowest BCUT2D eigenvalue weighted by Crippen LogP contribution is -2.37. The van der Waals surface area contributed by atoms with E-state index in [2.05, 4.69) is 20.0 Å². The number of hydrogen-bond acceptors (Lipinski definition) is 8. The van der Waals surface area contributed by atoms with E-state index in [1.165, 1.54) is 55.9 Å². The standard InChI is InChI=1S/C23H23ClF3N5O4/c1-3-32(13-20(34-2)36-28)21-19(14-8-16(25)12-29-10-14)9-15(11-30-21)22(33)31-17-4-6-18(7-5-17)35-23(24,26)27/h4-12,20H,3,13,28H2,1-2H3,(H,31,33)/t20-/m1/s1. The van der Waals surface area contributed by atoms with E-state index in [9.17, 15) is 18.0 Å². The molecule has 0 unspecified atom stereocenters. The second-order valence-electron chi connectivity index (χ2n) is 7.35. The zero-order valence-electron chi connectivity index (χ0n) is 19.3. The van der Waals surface area contributed by atoms with Gasteiger partial charge in [0.1, 0.15) is 17.4 Å². The highest BCUT2D eigenvalue weighted by Crippen LogP contribution is 2.31. The van der Waals surface area contributed by atoms with Crippen LogP contribution in [0.4, 0.5) is 24.7 Å². The first kappa shape index (κ1) is 27.1. The lowest BCUT2D eigenvalue weighted by atomic mass is 10.1. The predicted molar refractivity (Wildman–Crippen MR) is 127 cm³/mol. The van der Waals surface area contributed by atoms with Gasteiger partial charge in [0.2, 0.25) is 0 Å². The van der Waals surface area contributed by atoms with Crippen LogP contribution in [0.1, 0.15) is 17.3 Å². The molecule has 36 heavy (non-hydrogen) atoms. The largest absolute Gasteiger partial charge is 0.487 e. The van der Waals surface area contributed by atoms with Crippen molar-refractivity contribution in [2.24, 2.45) is 5.90 Å². The molecule has 1 atom stereocenters. The number of rotatable bonds is 11. The van der Waals surface area contributed by atoms with Gasteiger partial charge in [-0.2, -0.15) is 0 Å². The fourth-order valence-electron chi connectivity index (χ4n) is 3.27. The number of methoxy groups -OCH3 is 1. The lowest BCUT2D eigenvalue weighted by Gasteiger charge is -2.27. The Kier molecular flexibility index (Phi) is 9.04. The van der Waals surface area contributed by atoms with Crippen molar-refractivity contribution in [1.29, 1.82) is 0 Å². The average Bonchev–Trinajstić information content (AvgIpc) is 2.85. The monoisotopic (exact) mass is 525 g/mol. The molecule has 192 valence electrons. The van der Waals surface area contributed by atoms with Gasteiger partial charge in [-0.25, -0.2) is 15.3 Å². The Bertz CT molecular complexity index is 1180. The van der Waals surface area contributed by atoms with E-state index in [1.54, 1.807) is 4.90 Å². The van der Waals surface area contributed by atoms with E-state index in [0.717, 1.165) is 6.20 Å². The van der Waals surface area contributed by atoms with Gasteiger partial charge in [0, 0.05) is 54.5 Å². The first-order chi connectivity index (χ1) is 17.1. The first-order valence-corrected chi connectivity index (χ1v) is 10.9. The molecule has 2 aromatic heterocycles. The highest BCUT2D eigenvalue weighted by Gasteiger charge is 2.27. The summed E-state index contributed by atoms with van der Waals surface area (Å²) in [6, 6.07) is 7.98. The SMILES string of the molecule is CCN(C[C@H](OC)ON)c1ncc(C(=O)Nc2ccc(OC(F)(F)Cl)cc2)cc1-c1cncc(F)c1. The fourth-order valence-corrected chi connectivity index (χ4v) is 3.36. The Morgan fingerprint density at radius 2 is 1.94 bits per heavy atom. The normalized spacial score (nSPS) is 12.2. The van der Waals surface area contributed by atoms with Crippen LogP contribution in [0.25, 0.3) is 11.1 Å². The number of hydrogen-bond donors (Lipinski definition) is 2. The van der Waals surface area contributed by atoms with Crippen LogP contribution >= 0.6 is 11.6 Å². The number of aromatic nitrogens is 2. The maximum Gasteiger partial charge on any atom is 0.487 e. The van der Waals surface area contributed by atoms with E-state index < -0.39 is 23.6 Å². The van der Waals surface area contributed by atoms with Gasteiger partial charge in [-0.05, 0) is 43.3 Å². The van der Waals surface area contributed by atoms with Crippen LogP contribution in [-0.4, -0.2) is 47.9 Å². The molecule has 3 rings (SSSR count). The van der Waals surface area contributed by atoms with Gasteiger partial charge in [-0.15, -0.1) is 8.78 Å². The maximum absolute atomic E-state index is 14.0. The summed E-state index contributed by atoms with van der Waals surface area (Å²) in [4.78, 5) is 27.8. The molecule has 0 saturated carbocycles. The van der Waals surface area contributed by atoms with Gasteiger partial charge < -0.3 is 19.7 Å². The van der Waals surface area contributed by atoms with E-state index in [0.29, 0.717) is 29.2 Å². The molecule has 0 aliphatic carbocycles. The van der Waals surface area contributed by atoms with E-state index >= 15 is 0 Å². The highest BCUT2D eigenvalue weighted by molar-refractivity contribution is 6.20. The summed E-state index contributed by atoms with van der Waals surface area (Å²) in [6.07, 6.45) is 3.08. The molecule has 1 aromatic carbocycles. The third-order valence-corrected chi connectivity index (χ3v) is 5.03. The lowest BCUT2D eigenvalue weighted by molar-refractivity contribution is -0.119. The number of likely N-dealkylation sites (N-methyl/N-ethyl adjacent to an activating group) is 1. The molecule has 0 aliphatic rings. The Labute approximate surface area is 209 Å². The molecule has 1 amide bonds. The van der Waals surface area contributed by atoms with Crippen molar-refractivity contribution in [1.82, 2.24) is 9.97 Å². The van der Waals surface area contributed by atoms with E-state index in [-0.39, 0.29) is 17.9 Å². The number of ether oxygens (including phenoxy) is 2. The van der Waals surface area contributed by atoms with Crippen molar-refractivity contribution in [3.05, 3.63) is 66.4 Å². The zero-order chi connectivity index (χ0) is 26.3. The van der Waals surface area contributed by atoms with Crippen LogP contribution in [-0.2, 0) is 9.57 Å².